The molecule has 4 rings (SSSR count). The Kier molecular flexibility index (Phi) is 3.57. The fourth-order valence-electron chi connectivity index (χ4n) is 2.99. The van der Waals surface area contributed by atoms with Crippen LogP contribution in [0.25, 0.3) is 11.4 Å². The lowest BCUT2D eigenvalue weighted by molar-refractivity contribution is -0.159. The fourth-order valence-corrected chi connectivity index (χ4v) is 3.26. The van der Waals surface area contributed by atoms with Crippen molar-refractivity contribution >= 4 is 17.5 Å². The Labute approximate surface area is 145 Å². The highest BCUT2D eigenvalue weighted by atomic mass is 35.5. The average molecular weight is 372 g/mol. The smallest absolute Gasteiger partial charge is 0.346 e. The number of nitrogens with one attached hydrogen (secondary N) is 1. The van der Waals surface area contributed by atoms with E-state index in [0.717, 1.165) is 25.7 Å². The third kappa shape index (κ3) is 3.10. The SMILES string of the molecule is O=C(NC1(C2CC2)CC1)c1ccc(-c2noc(C(F)(F)F)n2)cc1Cl. The normalized spacial score (nSPS) is 18.9. The standard InChI is InChI=1S/C16H13ClF3N3O2/c17-11-7-8(12-21-14(25-23-12)16(18,19)20)1-4-10(11)13(24)22-15(5-6-15)9-2-3-9/h1,4,7,9H,2-3,5-6H2,(H,22,24). The van der Waals surface area contributed by atoms with E-state index in [-0.39, 0.29) is 33.4 Å². The second-order valence-corrected chi connectivity index (χ2v) is 6.91. The van der Waals surface area contributed by atoms with Gasteiger partial charge in [-0.3, -0.25) is 4.79 Å². The Morgan fingerprint density at radius 2 is 2.04 bits per heavy atom. The molecule has 0 radical (unpaired) electrons. The van der Waals surface area contributed by atoms with Gasteiger partial charge in [0.25, 0.3) is 5.91 Å². The van der Waals surface area contributed by atoms with Crippen LogP contribution in [0.3, 0.4) is 0 Å². The zero-order valence-electron chi connectivity index (χ0n) is 12.9. The third-order valence-corrected chi connectivity index (χ3v) is 4.96. The van der Waals surface area contributed by atoms with Crippen molar-refractivity contribution in [2.75, 3.05) is 0 Å². The Morgan fingerprint density at radius 3 is 2.56 bits per heavy atom. The zero-order chi connectivity index (χ0) is 17.8. The molecule has 9 heteroatoms. The lowest BCUT2D eigenvalue weighted by atomic mass is 10.1. The van der Waals surface area contributed by atoms with Gasteiger partial charge in [-0.2, -0.15) is 18.2 Å². The van der Waals surface area contributed by atoms with Crippen LogP contribution in [0.15, 0.2) is 22.7 Å². The van der Waals surface area contributed by atoms with Crippen molar-refractivity contribution in [3.8, 4) is 11.4 Å². The molecule has 2 saturated carbocycles. The van der Waals surface area contributed by atoms with Crippen LogP contribution < -0.4 is 5.32 Å². The fraction of sp³-hybridized carbons (Fsp3) is 0.438. The van der Waals surface area contributed by atoms with E-state index in [9.17, 15) is 18.0 Å². The topological polar surface area (TPSA) is 68.0 Å². The van der Waals surface area contributed by atoms with Crippen LogP contribution in [0.4, 0.5) is 13.2 Å². The van der Waals surface area contributed by atoms with Crippen LogP contribution in [0.5, 0.6) is 0 Å². The molecule has 25 heavy (non-hydrogen) atoms. The van der Waals surface area contributed by atoms with Gasteiger partial charge in [-0.25, -0.2) is 0 Å². The number of hydrogen-bond acceptors (Lipinski definition) is 4. The van der Waals surface area contributed by atoms with Crippen LogP contribution in [-0.2, 0) is 6.18 Å². The molecule has 2 fully saturated rings. The van der Waals surface area contributed by atoms with Crippen molar-refractivity contribution < 1.29 is 22.5 Å². The lowest BCUT2D eigenvalue weighted by Crippen LogP contribution is -2.38. The molecule has 1 amide bonds. The van der Waals surface area contributed by atoms with Crippen molar-refractivity contribution in [2.45, 2.75) is 37.4 Å². The number of alkyl halides is 3. The number of hydrogen-bond donors (Lipinski definition) is 1. The number of aromatic nitrogens is 2. The number of amides is 1. The summed E-state index contributed by atoms with van der Waals surface area (Å²) in [4.78, 5) is 15.7. The van der Waals surface area contributed by atoms with E-state index < -0.39 is 12.1 Å². The Bertz CT molecular complexity index is 841. The van der Waals surface area contributed by atoms with Gasteiger partial charge in [-0.05, 0) is 43.7 Å². The van der Waals surface area contributed by atoms with Crippen LogP contribution >= 0.6 is 11.6 Å². The monoisotopic (exact) mass is 371 g/mol. The van der Waals surface area contributed by atoms with E-state index in [4.69, 9.17) is 11.6 Å². The summed E-state index contributed by atoms with van der Waals surface area (Å²) in [6.07, 6.45) is -0.501. The van der Waals surface area contributed by atoms with E-state index in [1.54, 1.807) is 0 Å². The number of carbonyl (C=O) groups excluding carboxylic acids is 1. The average Bonchev–Trinajstić information content (AvgIpc) is 3.45. The van der Waals surface area contributed by atoms with Gasteiger partial charge in [-0.1, -0.05) is 22.8 Å². The second kappa shape index (κ2) is 5.45. The van der Waals surface area contributed by atoms with Gasteiger partial charge < -0.3 is 9.84 Å². The molecule has 0 aliphatic heterocycles. The van der Waals surface area contributed by atoms with Gasteiger partial charge in [0, 0.05) is 11.1 Å². The molecule has 1 N–H and O–H groups in total. The predicted octanol–water partition coefficient (Wildman–Crippen LogP) is 4.08. The summed E-state index contributed by atoms with van der Waals surface area (Å²) in [5, 5.41) is 6.48. The highest BCUT2D eigenvalue weighted by Crippen LogP contribution is 2.53. The van der Waals surface area contributed by atoms with Gasteiger partial charge in [0.05, 0.1) is 10.6 Å². The summed E-state index contributed by atoms with van der Waals surface area (Å²) < 4.78 is 41.8. The number of halogens is 4. The molecule has 0 atom stereocenters. The number of carbonyl (C=O) groups is 1. The van der Waals surface area contributed by atoms with Crippen molar-refractivity contribution in [3.63, 3.8) is 0 Å². The Morgan fingerprint density at radius 1 is 1.32 bits per heavy atom. The largest absolute Gasteiger partial charge is 0.471 e. The molecule has 0 saturated heterocycles. The first-order chi connectivity index (χ1) is 11.8. The number of rotatable bonds is 4. The van der Waals surface area contributed by atoms with Crippen LogP contribution in [0.1, 0.15) is 41.9 Å². The molecule has 0 bridgehead atoms. The van der Waals surface area contributed by atoms with Crippen LogP contribution in [0, 0.1) is 5.92 Å². The lowest BCUT2D eigenvalue weighted by Gasteiger charge is -2.17. The molecule has 5 nitrogen and oxygen atoms in total. The minimum atomic E-state index is -4.71. The molecule has 0 unspecified atom stereocenters. The first kappa shape index (κ1) is 16.4. The van der Waals surface area contributed by atoms with Crippen molar-refractivity contribution in [1.82, 2.24) is 15.5 Å². The summed E-state index contributed by atoms with van der Waals surface area (Å²) in [6, 6.07) is 4.26. The van der Waals surface area contributed by atoms with Crippen molar-refractivity contribution in [3.05, 3.63) is 34.7 Å². The van der Waals surface area contributed by atoms with Gasteiger partial charge in [-0.15, -0.1) is 0 Å². The van der Waals surface area contributed by atoms with E-state index in [2.05, 4.69) is 20.0 Å². The van der Waals surface area contributed by atoms with Gasteiger partial charge in [0.15, 0.2) is 0 Å². The maximum Gasteiger partial charge on any atom is 0.471 e. The van der Waals surface area contributed by atoms with Crippen LogP contribution in [0.2, 0.25) is 5.02 Å². The van der Waals surface area contributed by atoms with Crippen molar-refractivity contribution in [1.29, 1.82) is 0 Å². The van der Waals surface area contributed by atoms with Gasteiger partial charge in [0.2, 0.25) is 5.82 Å². The molecule has 132 valence electrons. The van der Waals surface area contributed by atoms with Crippen molar-refractivity contribution in [2.24, 2.45) is 5.92 Å². The summed E-state index contributed by atoms with van der Waals surface area (Å²) in [7, 11) is 0. The first-order valence-corrected chi connectivity index (χ1v) is 8.20. The summed E-state index contributed by atoms with van der Waals surface area (Å²) in [5.41, 5.74) is 0.426. The Hall–Kier alpha value is -2.09. The summed E-state index contributed by atoms with van der Waals surface area (Å²) in [6.45, 7) is 0. The van der Waals surface area contributed by atoms with E-state index >= 15 is 0 Å². The highest BCUT2D eigenvalue weighted by Gasteiger charge is 2.54. The zero-order valence-corrected chi connectivity index (χ0v) is 13.6. The minimum Gasteiger partial charge on any atom is -0.346 e. The van der Waals surface area contributed by atoms with Gasteiger partial charge in [0.1, 0.15) is 0 Å². The molecule has 0 spiro atoms. The minimum absolute atomic E-state index is 0.0889. The number of benzene rings is 1. The maximum absolute atomic E-state index is 12.5. The second-order valence-electron chi connectivity index (χ2n) is 6.50. The maximum atomic E-state index is 12.5. The molecular weight excluding hydrogens is 359 g/mol. The summed E-state index contributed by atoms with van der Waals surface area (Å²) in [5.74, 6) is -1.39. The van der Waals surface area contributed by atoms with Crippen LogP contribution in [-0.4, -0.2) is 21.6 Å². The quantitative estimate of drug-likeness (QED) is 0.879. The number of nitrogens with zero attached hydrogens (tertiary/aromatic N) is 2. The Balaban J connectivity index is 1.54. The molecular formula is C16H13ClF3N3O2. The predicted molar refractivity (Wildman–Crippen MR) is 81.9 cm³/mol. The molecule has 1 heterocycles. The third-order valence-electron chi connectivity index (χ3n) is 4.65. The molecule has 2 aliphatic carbocycles. The van der Waals surface area contributed by atoms with E-state index in [0.29, 0.717) is 5.92 Å². The van der Waals surface area contributed by atoms with E-state index in [1.807, 2.05) is 0 Å². The molecule has 1 aromatic heterocycles. The summed E-state index contributed by atoms with van der Waals surface area (Å²) >= 11 is 6.15. The van der Waals surface area contributed by atoms with Gasteiger partial charge >= 0.3 is 12.1 Å². The van der Waals surface area contributed by atoms with E-state index in [1.165, 1.54) is 18.2 Å². The molecule has 1 aromatic carbocycles. The highest BCUT2D eigenvalue weighted by molar-refractivity contribution is 6.34. The molecule has 2 aromatic rings. The first-order valence-electron chi connectivity index (χ1n) is 7.82. The molecule has 2 aliphatic rings.